The Morgan fingerprint density at radius 2 is 1.59 bits per heavy atom. The van der Waals surface area contributed by atoms with Crippen molar-refractivity contribution in [3.8, 4) is 23.0 Å². The maximum absolute atomic E-state index is 10.8. The van der Waals surface area contributed by atoms with Crippen LogP contribution in [-0.4, -0.2) is 57.1 Å². The Kier molecular flexibility index (Phi) is 9.62. The van der Waals surface area contributed by atoms with Crippen LogP contribution in [0, 0.1) is 6.92 Å². The molecule has 0 amide bonds. The maximum Gasteiger partial charge on any atom is 0.160 e. The molecule has 1 N–H and O–H groups in total. The molecule has 34 heavy (non-hydrogen) atoms. The summed E-state index contributed by atoms with van der Waals surface area (Å²) in [7, 11) is 4.95. The first-order valence-corrected chi connectivity index (χ1v) is 11.4. The van der Waals surface area contributed by atoms with Crippen LogP contribution in [0.1, 0.15) is 16.7 Å². The van der Waals surface area contributed by atoms with Crippen molar-refractivity contribution in [1.29, 1.82) is 0 Å². The summed E-state index contributed by atoms with van der Waals surface area (Å²) in [6, 6.07) is 21.8. The fourth-order valence-electron chi connectivity index (χ4n) is 3.88. The Labute approximate surface area is 202 Å². The Morgan fingerprint density at radius 1 is 0.824 bits per heavy atom. The van der Waals surface area contributed by atoms with E-state index in [2.05, 4.69) is 11.0 Å². The van der Waals surface area contributed by atoms with E-state index < -0.39 is 6.10 Å². The van der Waals surface area contributed by atoms with Gasteiger partial charge in [0.25, 0.3) is 0 Å². The Bertz CT molecular complexity index is 1040. The van der Waals surface area contributed by atoms with Gasteiger partial charge in [0, 0.05) is 25.2 Å². The third kappa shape index (κ3) is 7.40. The second-order valence-electron chi connectivity index (χ2n) is 8.27. The van der Waals surface area contributed by atoms with E-state index in [-0.39, 0.29) is 6.61 Å². The van der Waals surface area contributed by atoms with Gasteiger partial charge in [-0.05, 0) is 54.8 Å². The van der Waals surface area contributed by atoms with Gasteiger partial charge in [-0.2, -0.15) is 0 Å². The molecular weight excluding hydrogens is 430 g/mol. The van der Waals surface area contributed by atoms with E-state index >= 15 is 0 Å². The van der Waals surface area contributed by atoms with Gasteiger partial charge in [0.1, 0.15) is 24.2 Å². The molecule has 0 radical (unpaired) electrons. The molecule has 1 unspecified atom stereocenters. The van der Waals surface area contributed by atoms with E-state index in [1.54, 1.807) is 21.3 Å². The summed E-state index contributed by atoms with van der Waals surface area (Å²) in [6.45, 7) is 4.11. The third-order valence-corrected chi connectivity index (χ3v) is 5.65. The molecule has 3 rings (SSSR count). The lowest BCUT2D eigenvalue weighted by Gasteiger charge is -2.26. The fraction of sp³-hybridized carbons (Fsp3) is 0.357. The first kappa shape index (κ1) is 25.4. The van der Waals surface area contributed by atoms with Crippen molar-refractivity contribution >= 4 is 0 Å². The summed E-state index contributed by atoms with van der Waals surface area (Å²) in [5, 5.41) is 10.8. The highest BCUT2D eigenvalue weighted by Crippen LogP contribution is 2.28. The monoisotopic (exact) mass is 465 g/mol. The summed E-state index contributed by atoms with van der Waals surface area (Å²) in [5.41, 5.74) is 3.33. The fourth-order valence-corrected chi connectivity index (χ4v) is 3.88. The quantitative estimate of drug-likeness (QED) is 0.401. The number of rotatable bonds is 13. The summed E-state index contributed by atoms with van der Waals surface area (Å²) in [5.74, 6) is 3.02. The number of aliphatic hydroxyl groups excluding tert-OH is 1. The number of aliphatic hydroxyl groups is 1. The second kappa shape index (κ2) is 12.9. The van der Waals surface area contributed by atoms with E-state index in [0.717, 1.165) is 41.2 Å². The minimum absolute atomic E-state index is 0.224. The van der Waals surface area contributed by atoms with E-state index in [1.807, 2.05) is 67.6 Å². The predicted octanol–water partition coefficient (Wildman–Crippen LogP) is 4.51. The Morgan fingerprint density at radius 3 is 2.32 bits per heavy atom. The van der Waals surface area contributed by atoms with Crippen LogP contribution >= 0.6 is 0 Å². The number of hydrogen-bond acceptors (Lipinski definition) is 6. The average molecular weight is 466 g/mol. The first-order valence-electron chi connectivity index (χ1n) is 11.4. The molecule has 0 fully saturated rings. The summed E-state index contributed by atoms with van der Waals surface area (Å²) < 4.78 is 22.2. The van der Waals surface area contributed by atoms with Gasteiger partial charge in [0.2, 0.25) is 0 Å². The number of aryl methyl sites for hydroxylation is 1. The van der Waals surface area contributed by atoms with Gasteiger partial charge in [0.05, 0.1) is 21.3 Å². The molecule has 182 valence electrons. The molecule has 6 heteroatoms. The van der Waals surface area contributed by atoms with Crippen LogP contribution in [0.4, 0.5) is 0 Å². The van der Waals surface area contributed by atoms with Crippen LogP contribution in [0.15, 0.2) is 66.7 Å². The van der Waals surface area contributed by atoms with Gasteiger partial charge in [-0.1, -0.05) is 36.4 Å². The van der Waals surface area contributed by atoms with E-state index in [4.69, 9.17) is 18.9 Å². The van der Waals surface area contributed by atoms with Gasteiger partial charge in [-0.25, -0.2) is 0 Å². The van der Waals surface area contributed by atoms with Crippen LogP contribution in [0.2, 0.25) is 0 Å². The highest BCUT2D eigenvalue weighted by atomic mass is 16.5. The average Bonchev–Trinajstić information content (AvgIpc) is 2.86. The highest BCUT2D eigenvalue weighted by molar-refractivity contribution is 5.43. The number of nitrogens with zero attached hydrogens (tertiary/aromatic N) is 1. The zero-order valence-electron chi connectivity index (χ0n) is 20.5. The van der Waals surface area contributed by atoms with Gasteiger partial charge < -0.3 is 24.1 Å². The zero-order chi connectivity index (χ0) is 24.3. The normalized spacial score (nSPS) is 11.8. The third-order valence-electron chi connectivity index (χ3n) is 5.65. The number of para-hydroxylation sites is 1. The van der Waals surface area contributed by atoms with E-state index in [1.165, 1.54) is 0 Å². The standard InChI is InChI=1S/C28H35NO5/c1-21-8-7-10-25(16-21)34-20-24(30)19-29(18-23-9-5-6-11-26(23)31-2)15-14-22-12-13-27(32-3)28(17-22)33-4/h5-13,16-17,24,30H,14-15,18-20H2,1-4H3. The molecule has 0 bridgehead atoms. The van der Waals surface area contributed by atoms with Crippen molar-refractivity contribution in [1.82, 2.24) is 4.90 Å². The largest absolute Gasteiger partial charge is 0.496 e. The number of hydrogen-bond donors (Lipinski definition) is 1. The van der Waals surface area contributed by atoms with Crippen LogP contribution in [0.25, 0.3) is 0 Å². The molecule has 0 aliphatic heterocycles. The van der Waals surface area contributed by atoms with Gasteiger partial charge in [-0.3, -0.25) is 4.90 Å². The molecule has 0 aliphatic carbocycles. The van der Waals surface area contributed by atoms with Crippen molar-refractivity contribution in [2.75, 3.05) is 41.0 Å². The topological polar surface area (TPSA) is 60.4 Å². The van der Waals surface area contributed by atoms with Gasteiger partial charge in [0.15, 0.2) is 11.5 Å². The lowest BCUT2D eigenvalue weighted by atomic mass is 10.1. The molecule has 6 nitrogen and oxygen atoms in total. The summed E-state index contributed by atoms with van der Waals surface area (Å²) in [4.78, 5) is 2.22. The molecule has 0 saturated carbocycles. The molecule has 0 aliphatic rings. The molecule has 1 atom stereocenters. The first-order chi connectivity index (χ1) is 16.5. The van der Waals surface area contributed by atoms with Crippen molar-refractivity contribution in [3.05, 3.63) is 83.4 Å². The van der Waals surface area contributed by atoms with Crippen molar-refractivity contribution in [2.24, 2.45) is 0 Å². The summed E-state index contributed by atoms with van der Waals surface area (Å²) >= 11 is 0. The predicted molar refractivity (Wildman–Crippen MR) is 134 cm³/mol. The smallest absolute Gasteiger partial charge is 0.160 e. The SMILES string of the molecule is COc1ccccc1CN(CCc1ccc(OC)c(OC)c1)CC(O)COc1cccc(C)c1. The lowest BCUT2D eigenvalue weighted by Crippen LogP contribution is -2.36. The Balaban J connectivity index is 1.68. The molecule has 0 heterocycles. The summed E-state index contributed by atoms with van der Waals surface area (Å²) in [6.07, 6.45) is 0.154. The van der Waals surface area contributed by atoms with Gasteiger partial charge >= 0.3 is 0 Å². The molecule has 3 aromatic carbocycles. The van der Waals surface area contributed by atoms with Crippen LogP contribution < -0.4 is 18.9 Å². The second-order valence-corrected chi connectivity index (χ2v) is 8.27. The molecule has 3 aromatic rings. The zero-order valence-corrected chi connectivity index (χ0v) is 20.5. The number of methoxy groups -OCH3 is 3. The van der Waals surface area contributed by atoms with E-state index in [9.17, 15) is 5.11 Å². The maximum atomic E-state index is 10.8. The lowest BCUT2D eigenvalue weighted by molar-refractivity contribution is 0.0656. The van der Waals surface area contributed by atoms with Crippen LogP contribution in [-0.2, 0) is 13.0 Å². The minimum atomic E-state index is -0.638. The van der Waals surface area contributed by atoms with Crippen LogP contribution in [0.3, 0.4) is 0 Å². The minimum Gasteiger partial charge on any atom is -0.496 e. The van der Waals surface area contributed by atoms with Crippen molar-refractivity contribution in [3.63, 3.8) is 0 Å². The van der Waals surface area contributed by atoms with Crippen molar-refractivity contribution in [2.45, 2.75) is 26.0 Å². The highest BCUT2D eigenvalue weighted by Gasteiger charge is 2.16. The van der Waals surface area contributed by atoms with Crippen LogP contribution in [0.5, 0.6) is 23.0 Å². The van der Waals surface area contributed by atoms with Crippen molar-refractivity contribution < 1.29 is 24.1 Å². The number of ether oxygens (including phenoxy) is 4. The molecule has 0 saturated heterocycles. The number of benzene rings is 3. The van der Waals surface area contributed by atoms with Gasteiger partial charge in [-0.15, -0.1) is 0 Å². The molecular formula is C28H35NO5. The molecule has 0 spiro atoms. The molecule has 0 aromatic heterocycles. The van der Waals surface area contributed by atoms with E-state index in [0.29, 0.717) is 24.6 Å². The Hall–Kier alpha value is -3.22.